The predicted octanol–water partition coefficient (Wildman–Crippen LogP) is 1.09. The highest BCUT2D eigenvalue weighted by Gasteiger charge is 2.03. The molecule has 52 valence electrons. The van der Waals surface area contributed by atoms with Crippen molar-refractivity contribution in [2.24, 2.45) is 0 Å². The first-order chi connectivity index (χ1) is 4.06. The van der Waals surface area contributed by atoms with Crippen LogP contribution in [0.5, 0.6) is 0 Å². The third kappa shape index (κ3) is 7.21. The Hall–Kier alpha value is -0.790. The van der Waals surface area contributed by atoms with Gasteiger partial charge in [0, 0.05) is 11.7 Å². The Kier molecular flexibility index (Phi) is 2.99. The summed E-state index contributed by atoms with van der Waals surface area (Å²) in [5, 5.41) is 3.01. The maximum absolute atomic E-state index is 9.76. The number of aldehydes is 1. The Morgan fingerprint density at radius 1 is 1.33 bits per heavy atom. The monoisotopic (exact) mass is 127 g/mol. The molecule has 1 N–H and O–H groups in total. The second-order valence-electron chi connectivity index (χ2n) is 2.89. The summed E-state index contributed by atoms with van der Waals surface area (Å²) >= 11 is 0. The van der Waals surface area contributed by atoms with E-state index in [1.165, 1.54) is 6.08 Å². The Balaban J connectivity index is 3.50. The molecular formula is C7H13NO. The van der Waals surface area contributed by atoms with Gasteiger partial charge in [0.25, 0.3) is 0 Å². The van der Waals surface area contributed by atoms with E-state index in [0.717, 1.165) is 6.29 Å². The van der Waals surface area contributed by atoms with E-state index in [1.807, 2.05) is 20.8 Å². The third-order valence-corrected chi connectivity index (χ3v) is 0.691. The van der Waals surface area contributed by atoms with Gasteiger partial charge >= 0.3 is 0 Å². The highest BCUT2D eigenvalue weighted by Crippen LogP contribution is 1.96. The molecule has 0 radical (unpaired) electrons. The van der Waals surface area contributed by atoms with Gasteiger partial charge in [-0.1, -0.05) is 0 Å². The Labute approximate surface area is 56.0 Å². The normalized spacial score (nSPS) is 11.9. The summed E-state index contributed by atoms with van der Waals surface area (Å²) in [5.41, 5.74) is 0.0551. The molecule has 2 nitrogen and oxygen atoms in total. The highest BCUT2D eigenvalue weighted by atomic mass is 16.1. The maximum atomic E-state index is 9.76. The molecule has 0 rings (SSSR count). The van der Waals surface area contributed by atoms with E-state index in [4.69, 9.17) is 0 Å². The van der Waals surface area contributed by atoms with Crippen LogP contribution in [0.2, 0.25) is 0 Å². The topological polar surface area (TPSA) is 29.1 Å². The van der Waals surface area contributed by atoms with Crippen LogP contribution >= 0.6 is 0 Å². The van der Waals surface area contributed by atoms with Crippen LogP contribution in [-0.4, -0.2) is 11.8 Å². The maximum Gasteiger partial charge on any atom is 0.144 e. The van der Waals surface area contributed by atoms with Crippen LogP contribution in [0, 0.1) is 0 Å². The number of hydrogen-bond acceptors (Lipinski definition) is 2. The summed E-state index contributed by atoms with van der Waals surface area (Å²) in [5.74, 6) is 0. The lowest BCUT2D eigenvalue weighted by atomic mass is 10.1. The van der Waals surface area contributed by atoms with Crippen LogP contribution < -0.4 is 5.32 Å². The van der Waals surface area contributed by atoms with E-state index < -0.39 is 0 Å². The van der Waals surface area contributed by atoms with E-state index in [9.17, 15) is 4.79 Å². The van der Waals surface area contributed by atoms with Gasteiger partial charge in [-0.3, -0.25) is 4.79 Å². The van der Waals surface area contributed by atoms with Gasteiger partial charge in [0.1, 0.15) is 6.29 Å². The molecule has 0 spiro atoms. The van der Waals surface area contributed by atoms with Gasteiger partial charge in [-0.15, -0.1) is 0 Å². The summed E-state index contributed by atoms with van der Waals surface area (Å²) in [6, 6.07) is 0. The minimum atomic E-state index is 0.0551. The van der Waals surface area contributed by atoms with Crippen LogP contribution in [0.25, 0.3) is 0 Å². The minimum Gasteiger partial charge on any atom is -0.386 e. The Bertz CT molecular complexity index is 111. The SMILES string of the molecule is CC(C)(C)N/C=C/C=O. The number of rotatable bonds is 2. The quantitative estimate of drug-likeness (QED) is 0.444. The summed E-state index contributed by atoms with van der Waals surface area (Å²) < 4.78 is 0. The zero-order valence-corrected chi connectivity index (χ0v) is 6.14. The van der Waals surface area contributed by atoms with Crippen LogP contribution in [0.4, 0.5) is 0 Å². The molecule has 2 heteroatoms. The second kappa shape index (κ2) is 3.28. The molecule has 0 aliphatic heterocycles. The molecule has 0 heterocycles. The first kappa shape index (κ1) is 8.21. The lowest BCUT2D eigenvalue weighted by molar-refractivity contribution is -0.104. The van der Waals surface area contributed by atoms with Gasteiger partial charge in [0.05, 0.1) is 0 Å². The smallest absolute Gasteiger partial charge is 0.144 e. The summed E-state index contributed by atoms with van der Waals surface area (Å²) in [7, 11) is 0. The van der Waals surface area contributed by atoms with Crippen molar-refractivity contribution in [1.82, 2.24) is 5.32 Å². The van der Waals surface area contributed by atoms with Crippen LogP contribution in [0.15, 0.2) is 12.3 Å². The number of hydrogen-bond donors (Lipinski definition) is 1. The zero-order valence-electron chi connectivity index (χ0n) is 6.14. The first-order valence-corrected chi connectivity index (χ1v) is 2.94. The summed E-state index contributed by atoms with van der Waals surface area (Å²) in [6.07, 6.45) is 3.83. The fourth-order valence-electron chi connectivity index (χ4n) is 0.337. The van der Waals surface area contributed by atoms with E-state index >= 15 is 0 Å². The van der Waals surface area contributed by atoms with E-state index in [0.29, 0.717) is 0 Å². The largest absolute Gasteiger partial charge is 0.386 e. The summed E-state index contributed by atoms with van der Waals surface area (Å²) in [6.45, 7) is 6.09. The number of carbonyl (C=O) groups excluding carboxylic acids is 1. The number of allylic oxidation sites excluding steroid dienone is 1. The molecule has 0 aromatic rings. The molecule has 0 saturated carbocycles. The lowest BCUT2D eigenvalue weighted by Gasteiger charge is -2.17. The van der Waals surface area contributed by atoms with Crippen LogP contribution in [-0.2, 0) is 4.79 Å². The first-order valence-electron chi connectivity index (χ1n) is 2.94. The summed E-state index contributed by atoms with van der Waals surface area (Å²) in [4.78, 5) is 9.76. The molecule has 0 unspecified atom stereocenters. The fourth-order valence-corrected chi connectivity index (χ4v) is 0.337. The third-order valence-electron chi connectivity index (χ3n) is 0.691. The van der Waals surface area contributed by atoms with Gasteiger partial charge < -0.3 is 5.32 Å². The Morgan fingerprint density at radius 3 is 2.22 bits per heavy atom. The molecule has 0 bridgehead atoms. The predicted molar refractivity (Wildman–Crippen MR) is 38.1 cm³/mol. The van der Waals surface area contributed by atoms with Crippen molar-refractivity contribution in [3.63, 3.8) is 0 Å². The van der Waals surface area contributed by atoms with Crippen molar-refractivity contribution >= 4 is 6.29 Å². The second-order valence-corrected chi connectivity index (χ2v) is 2.89. The van der Waals surface area contributed by atoms with Gasteiger partial charge in [-0.25, -0.2) is 0 Å². The standard InChI is InChI=1S/C7H13NO/c1-7(2,3)8-5-4-6-9/h4-6,8H,1-3H3/b5-4+. The van der Waals surface area contributed by atoms with Crippen LogP contribution in [0.3, 0.4) is 0 Å². The molecule has 0 amide bonds. The number of carbonyl (C=O) groups is 1. The lowest BCUT2D eigenvalue weighted by Crippen LogP contribution is -2.30. The van der Waals surface area contributed by atoms with Gasteiger partial charge in [0.2, 0.25) is 0 Å². The van der Waals surface area contributed by atoms with Gasteiger partial charge in [-0.05, 0) is 26.8 Å². The molecule has 0 aromatic carbocycles. The minimum absolute atomic E-state index is 0.0551. The van der Waals surface area contributed by atoms with Gasteiger partial charge in [-0.2, -0.15) is 0 Å². The number of nitrogens with one attached hydrogen (secondary N) is 1. The van der Waals surface area contributed by atoms with Crippen molar-refractivity contribution in [1.29, 1.82) is 0 Å². The van der Waals surface area contributed by atoms with Crippen molar-refractivity contribution in [2.45, 2.75) is 26.3 Å². The molecule has 0 fully saturated rings. The van der Waals surface area contributed by atoms with Crippen molar-refractivity contribution in [3.8, 4) is 0 Å². The van der Waals surface area contributed by atoms with E-state index in [2.05, 4.69) is 5.32 Å². The van der Waals surface area contributed by atoms with E-state index in [1.54, 1.807) is 6.20 Å². The molecular weight excluding hydrogens is 114 g/mol. The van der Waals surface area contributed by atoms with Crippen molar-refractivity contribution < 1.29 is 4.79 Å². The van der Waals surface area contributed by atoms with Crippen molar-refractivity contribution in [3.05, 3.63) is 12.3 Å². The average Bonchev–Trinajstić information content (AvgIpc) is 1.63. The fraction of sp³-hybridized carbons (Fsp3) is 0.571. The van der Waals surface area contributed by atoms with Crippen molar-refractivity contribution in [2.75, 3.05) is 0 Å². The molecule has 9 heavy (non-hydrogen) atoms. The molecule has 0 aliphatic carbocycles. The molecule has 0 aromatic heterocycles. The molecule has 0 saturated heterocycles. The Morgan fingerprint density at radius 2 is 1.89 bits per heavy atom. The molecule has 0 atom stereocenters. The average molecular weight is 127 g/mol. The van der Waals surface area contributed by atoms with E-state index in [-0.39, 0.29) is 5.54 Å². The highest BCUT2D eigenvalue weighted by molar-refractivity contribution is 5.64. The van der Waals surface area contributed by atoms with Gasteiger partial charge in [0.15, 0.2) is 0 Å². The van der Waals surface area contributed by atoms with Crippen LogP contribution in [0.1, 0.15) is 20.8 Å². The molecule has 0 aliphatic rings. The zero-order chi connectivity index (χ0) is 7.33.